The standard InChI is InChI=1S/C26H34O5/c1-28-23-15-13-22(14-16-23)18-30-20-26-25(27)12-8-3-2-7-11-24(31-26)19-29-17-21-9-5-4-6-10-21/h3-6,8-10,13-16,24-27H,2,7,11-12,17-20H2,1H3/b8-3-/t24-,25+,26-/m0/s1. The van der Waals surface area contributed by atoms with E-state index in [-0.39, 0.29) is 6.10 Å². The molecule has 5 nitrogen and oxygen atoms in total. The van der Waals surface area contributed by atoms with Gasteiger partial charge in [-0.05, 0) is 48.9 Å². The van der Waals surface area contributed by atoms with Gasteiger partial charge in [0.05, 0.1) is 45.7 Å². The minimum Gasteiger partial charge on any atom is -0.497 e. The van der Waals surface area contributed by atoms with Crippen LogP contribution in [0.3, 0.4) is 0 Å². The molecule has 0 saturated heterocycles. The van der Waals surface area contributed by atoms with Crippen molar-refractivity contribution in [1.29, 1.82) is 0 Å². The van der Waals surface area contributed by atoms with Crippen molar-refractivity contribution in [1.82, 2.24) is 0 Å². The summed E-state index contributed by atoms with van der Waals surface area (Å²) in [4.78, 5) is 0. The van der Waals surface area contributed by atoms with Gasteiger partial charge < -0.3 is 24.1 Å². The van der Waals surface area contributed by atoms with E-state index < -0.39 is 12.2 Å². The Kier molecular flexibility index (Phi) is 10.1. The molecule has 1 aliphatic heterocycles. The lowest BCUT2D eigenvalue weighted by molar-refractivity contribution is -0.131. The van der Waals surface area contributed by atoms with Gasteiger partial charge in [-0.1, -0.05) is 54.6 Å². The molecule has 2 aromatic rings. The van der Waals surface area contributed by atoms with E-state index in [4.69, 9.17) is 18.9 Å². The van der Waals surface area contributed by atoms with E-state index in [1.165, 1.54) is 0 Å². The van der Waals surface area contributed by atoms with E-state index in [0.29, 0.717) is 32.8 Å². The number of hydrogen-bond donors (Lipinski definition) is 1. The van der Waals surface area contributed by atoms with E-state index in [0.717, 1.165) is 36.1 Å². The first kappa shape index (κ1) is 23.5. The Bertz CT molecular complexity index is 759. The molecule has 1 heterocycles. The van der Waals surface area contributed by atoms with Gasteiger partial charge >= 0.3 is 0 Å². The zero-order valence-electron chi connectivity index (χ0n) is 18.3. The van der Waals surface area contributed by atoms with Crippen molar-refractivity contribution in [3.8, 4) is 5.75 Å². The maximum Gasteiger partial charge on any atom is 0.118 e. The van der Waals surface area contributed by atoms with Crippen LogP contribution in [0.1, 0.15) is 36.8 Å². The highest BCUT2D eigenvalue weighted by Gasteiger charge is 2.24. The number of allylic oxidation sites excluding steroid dienone is 1. The number of rotatable bonds is 9. The topological polar surface area (TPSA) is 57.2 Å². The molecule has 3 rings (SSSR count). The first-order valence-corrected chi connectivity index (χ1v) is 11.1. The second-order valence-electron chi connectivity index (χ2n) is 7.87. The van der Waals surface area contributed by atoms with Crippen molar-refractivity contribution < 1.29 is 24.1 Å². The van der Waals surface area contributed by atoms with Gasteiger partial charge in [-0.3, -0.25) is 0 Å². The van der Waals surface area contributed by atoms with Crippen LogP contribution in [0, 0.1) is 0 Å². The molecule has 3 atom stereocenters. The third kappa shape index (κ3) is 8.46. The number of aliphatic hydroxyl groups excluding tert-OH is 1. The van der Waals surface area contributed by atoms with Gasteiger partial charge in [0, 0.05) is 0 Å². The van der Waals surface area contributed by atoms with E-state index in [1.807, 2.05) is 48.5 Å². The van der Waals surface area contributed by atoms with Gasteiger partial charge in [0.25, 0.3) is 0 Å². The Morgan fingerprint density at radius 2 is 1.61 bits per heavy atom. The highest BCUT2D eigenvalue weighted by atomic mass is 16.6. The Hall–Kier alpha value is -2.18. The summed E-state index contributed by atoms with van der Waals surface area (Å²) in [6.45, 7) is 1.85. The molecule has 5 heteroatoms. The summed E-state index contributed by atoms with van der Waals surface area (Å²) in [7, 11) is 1.65. The van der Waals surface area contributed by atoms with E-state index in [2.05, 4.69) is 18.2 Å². The van der Waals surface area contributed by atoms with Crippen LogP contribution in [0.5, 0.6) is 5.75 Å². The third-order valence-corrected chi connectivity index (χ3v) is 5.36. The predicted molar refractivity (Wildman–Crippen MR) is 121 cm³/mol. The molecule has 0 aromatic heterocycles. The Balaban J connectivity index is 1.52. The Morgan fingerprint density at radius 1 is 0.903 bits per heavy atom. The number of methoxy groups -OCH3 is 1. The summed E-state index contributed by atoms with van der Waals surface area (Å²) in [6, 6.07) is 17.9. The summed E-state index contributed by atoms with van der Waals surface area (Å²) in [5.74, 6) is 0.819. The Labute approximate surface area is 185 Å². The quantitative estimate of drug-likeness (QED) is 0.591. The SMILES string of the molecule is COc1ccc(COC[C@@H]2O[C@H](COCc3ccccc3)CCC/C=C\C[C@H]2O)cc1. The molecule has 0 unspecified atom stereocenters. The maximum atomic E-state index is 10.7. The Morgan fingerprint density at radius 3 is 2.35 bits per heavy atom. The molecule has 0 amide bonds. The minimum absolute atomic E-state index is 0.0700. The molecule has 0 bridgehead atoms. The molecule has 0 radical (unpaired) electrons. The van der Waals surface area contributed by atoms with Crippen molar-refractivity contribution in [3.63, 3.8) is 0 Å². The summed E-state index contributed by atoms with van der Waals surface area (Å²) in [5.41, 5.74) is 2.20. The predicted octanol–water partition coefficient (Wildman–Crippen LogP) is 4.67. The zero-order valence-corrected chi connectivity index (χ0v) is 18.3. The fourth-order valence-corrected chi connectivity index (χ4v) is 3.54. The van der Waals surface area contributed by atoms with Crippen LogP contribution in [0.25, 0.3) is 0 Å². The average molecular weight is 427 g/mol. The molecule has 1 N–H and O–H groups in total. The summed E-state index contributed by atoms with van der Waals surface area (Å²) < 4.78 is 23.3. The minimum atomic E-state index is -0.609. The largest absolute Gasteiger partial charge is 0.497 e. The van der Waals surface area contributed by atoms with Crippen molar-refractivity contribution >= 4 is 0 Å². The highest BCUT2D eigenvalue weighted by molar-refractivity contribution is 5.26. The highest BCUT2D eigenvalue weighted by Crippen LogP contribution is 2.18. The van der Waals surface area contributed by atoms with Gasteiger partial charge in [-0.25, -0.2) is 0 Å². The summed E-state index contributed by atoms with van der Waals surface area (Å²) >= 11 is 0. The zero-order chi connectivity index (χ0) is 21.7. The van der Waals surface area contributed by atoms with Crippen LogP contribution in [-0.4, -0.2) is 43.7 Å². The van der Waals surface area contributed by atoms with Crippen LogP contribution >= 0.6 is 0 Å². The molecule has 0 aliphatic carbocycles. The van der Waals surface area contributed by atoms with Gasteiger partial charge in [0.2, 0.25) is 0 Å². The van der Waals surface area contributed by atoms with E-state index in [1.54, 1.807) is 7.11 Å². The average Bonchev–Trinajstić information content (AvgIpc) is 2.81. The van der Waals surface area contributed by atoms with Crippen LogP contribution in [0.2, 0.25) is 0 Å². The molecular formula is C26H34O5. The van der Waals surface area contributed by atoms with Crippen LogP contribution in [-0.2, 0) is 27.4 Å². The lowest BCUT2D eigenvalue weighted by Crippen LogP contribution is -2.38. The fraction of sp³-hybridized carbons (Fsp3) is 0.462. The smallest absolute Gasteiger partial charge is 0.118 e. The van der Waals surface area contributed by atoms with Crippen LogP contribution < -0.4 is 4.74 Å². The summed E-state index contributed by atoms with van der Waals surface area (Å²) in [5, 5.41) is 10.7. The van der Waals surface area contributed by atoms with Crippen molar-refractivity contribution in [2.24, 2.45) is 0 Å². The lowest BCUT2D eigenvalue weighted by atomic mass is 10.1. The van der Waals surface area contributed by atoms with Gasteiger partial charge in [0.1, 0.15) is 11.9 Å². The monoisotopic (exact) mass is 426 g/mol. The molecule has 0 fully saturated rings. The summed E-state index contributed by atoms with van der Waals surface area (Å²) in [6.07, 6.45) is 6.58. The number of hydrogen-bond acceptors (Lipinski definition) is 5. The maximum absolute atomic E-state index is 10.7. The first-order chi connectivity index (χ1) is 15.2. The van der Waals surface area contributed by atoms with Crippen LogP contribution in [0.4, 0.5) is 0 Å². The van der Waals surface area contributed by atoms with Gasteiger partial charge in [0.15, 0.2) is 0 Å². The lowest BCUT2D eigenvalue weighted by Gasteiger charge is -2.28. The van der Waals surface area contributed by atoms with Crippen molar-refractivity contribution in [2.45, 2.75) is 57.2 Å². The molecule has 2 aromatic carbocycles. The normalized spacial score (nSPS) is 23.2. The number of aliphatic hydroxyl groups is 1. The molecular weight excluding hydrogens is 392 g/mol. The molecule has 168 valence electrons. The number of ether oxygens (including phenoxy) is 4. The molecule has 0 spiro atoms. The molecule has 31 heavy (non-hydrogen) atoms. The second-order valence-corrected chi connectivity index (χ2v) is 7.87. The van der Waals surface area contributed by atoms with Crippen LogP contribution in [0.15, 0.2) is 66.7 Å². The van der Waals surface area contributed by atoms with Gasteiger partial charge in [-0.2, -0.15) is 0 Å². The van der Waals surface area contributed by atoms with Crippen molar-refractivity contribution in [3.05, 3.63) is 77.9 Å². The molecule has 0 saturated carbocycles. The molecule has 1 aliphatic rings. The third-order valence-electron chi connectivity index (χ3n) is 5.36. The number of benzene rings is 2. The van der Waals surface area contributed by atoms with E-state index in [9.17, 15) is 5.11 Å². The van der Waals surface area contributed by atoms with Gasteiger partial charge in [-0.15, -0.1) is 0 Å². The van der Waals surface area contributed by atoms with E-state index >= 15 is 0 Å². The first-order valence-electron chi connectivity index (χ1n) is 11.1. The van der Waals surface area contributed by atoms with Crippen molar-refractivity contribution in [2.75, 3.05) is 20.3 Å². The fourth-order valence-electron chi connectivity index (χ4n) is 3.54. The second kappa shape index (κ2) is 13.3.